The molecule has 168 valence electrons. The molecule has 1 saturated heterocycles. The number of nitrogens with zero attached hydrogens (tertiary/aromatic N) is 1. The number of rotatable bonds is 10. The van der Waals surface area contributed by atoms with Crippen LogP contribution in [0.2, 0.25) is 10.0 Å². The second kappa shape index (κ2) is 12.6. The van der Waals surface area contributed by atoms with Gasteiger partial charge < -0.3 is 14.8 Å². The summed E-state index contributed by atoms with van der Waals surface area (Å²) in [5.74, 6) is 0.779. The van der Waals surface area contributed by atoms with Crippen LogP contribution < -0.4 is 10.1 Å². The minimum atomic E-state index is -0.169. The molecule has 0 aliphatic carbocycles. The molecule has 0 saturated carbocycles. The molecule has 1 N–H and O–H groups in total. The third kappa shape index (κ3) is 7.88. The average molecular weight is 483 g/mol. The monoisotopic (exact) mass is 482 g/mol. The Kier molecular flexibility index (Phi) is 9.81. The predicted molar refractivity (Wildman–Crippen MR) is 127 cm³/mol. The maximum absolute atomic E-state index is 12.4. The van der Waals surface area contributed by atoms with Gasteiger partial charge in [0.1, 0.15) is 12.4 Å². The standard InChI is InChI=1S/C23H28Cl2N2O3S/c1-17(23(28)26-10-3-11-27-12-14-29-15-13-27)31-19-8-6-18(7-9-19)30-16-20-21(24)4-2-5-22(20)25/h2,4-9,17H,3,10-16H2,1H3,(H,26,28). The lowest BCUT2D eigenvalue weighted by molar-refractivity contribution is -0.120. The molecule has 1 aliphatic rings. The van der Waals surface area contributed by atoms with E-state index in [1.54, 1.807) is 12.1 Å². The molecule has 1 aliphatic heterocycles. The summed E-state index contributed by atoms with van der Waals surface area (Å²) in [5.41, 5.74) is 0.767. The van der Waals surface area contributed by atoms with Crippen LogP contribution in [0.4, 0.5) is 0 Å². The lowest BCUT2D eigenvalue weighted by atomic mass is 10.2. The molecule has 1 fully saturated rings. The van der Waals surface area contributed by atoms with Crippen molar-refractivity contribution in [3.63, 3.8) is 0 Å². The Morgan fingerprint density at radius 1 is 1.16 bits per heavy atom. The van der Waals surface area contributed by atoms with Crippen molar-refractivity contribution < 1.29 is 14.3 Å². The zero-order valence-electron chi connectivity index (χ0n) is 17.6. The number of nitrogens with one attached hydrogen (secondary N) is 1. The van der Waals surface area contributed by atoms with Gasteiger partial charge in [0.15, 0.2) is 0 Å². The zero-order chi connectivity index (χ0) is 22.1. The molecule has 1 atom stereocenters. The first-order valence-corrected chi connectivity index (χ1v) is 12.1. The highest BCUT2D eigenvalue weighted by Gasteiger charge is 2.15. The summed E-state index contributed by atoms with van der Waals surface area (Å²) >= 11 is 13.9. The van der Waals surface area contributed by atoms with Crippen molar-refractivity contribution in [2.45, 2.75) is 30.1 Å². The number of carbonyl (C=O) groups is 1. The maximum atomic E-state index is 12.4. The van der Waals surface area contributed by atoms with E-state index in [1.165, 1.54) is 11.8 Å². The highest BCUT2D eigenvalue weighted by atomic mass is 35.5. The first-order chi connectivity index (χ1) is 15.0. The van der Waals surface area contributed by atoms with E-state index in [0.717, 1.165) is 55.5 Å². The average Bonchev–Trinajstić information content (AvgIpc) is 2.78. The van der Waals surface area contributed by atoms with Crippen molar-refractivity contribution in [2.75, 3.05) is 39.4 Å². The lowest BCUT2D eigenvalue weighted by Crippen LogP contribution is -2.38. The van der Waals surface area contributed by atoms with Crippen LogP contribution in [0.5, 0.6) is 5.75 Å². The third-order valence-electron chi connectivity index (χ3n) is 5.00. The molecule has 0 spiro atoms. The van der Waals surface area contributed by atoms with Crippen molar-refractivity contribution in [1.29, 1.82) is 0 Å². The van der Waals surface area contributed by atoms with Gasteiger partial charge in [0.05, 0.1) is 18.5 Å². The zero-order valence-corrected chi connectivity index (χ0v) is 19.9. The molecule has 0 bridgehead atoms. The molecular formula is C23H28Cl2N2O3S. The van der Waals surface area contributed by atoms with E-state index in [9.17, 15) is 4.79 Å². The van der Waals surface area contributed by atoms with Crippen LogP contribution in [0, 0.1) is 0 Å². The molecule has 1 unspecified atom stereocenters. The summed E-state index contributed by atoms with van der Waals surface area (Å²) in [6, 6.07) is 13.1. The molecule has 0 aromatic heterocycles. The fourth-order valence-corrected chi connectivity index (χ4v) is 4.58. The number of ether oxygens (including phenoxy) is 2. The Morgan fingerprint density at radius 2 is 1.84 bits per heavy atom. The van der Waals surface area contributed by atoms with Crippen LogP contribution >= 0.6 is 35.0 Å². The van der Waals surface area contributed by atoms with Crippen molar-refractivity contribution in [1.82, 2.24) is 10.2 Å². The summed E-state index contributed by atoms with van der Waals surface area (Å²) in [7, 11) is 0. The summed E-state index contributed by atoms with van der Waals surface area (Å²) in [5, 5.41) is 4.04. The molecular weight excluding hydrogens is 455 g/mol. The van der Waals surface area contributed by atoms with Crippen molar-refractivity contribution in [3.8, 4) is 5.75 Å². The number of thioether (sulfide) groups is 1. The van der Waals surface area contributed by atoms with E-state index >= 15 is 0 Å². The molecule has 5 nitrogen and oxygen atoms in total. The van der Waals surface area contributed by atoms with Crippen LogP contribution in [-0.2, 0) is 16.1 Å². The number of halogens is 2. The topological polar surface area (TPSA) is 50.8 Å². The van der Waals surface area contributed by atoms with Gasteiger partial charge in [0, 0.05) is 40.1 Å². The van der Waals surface area contributed by atoms with Gasteiger partial charge in [-0.25, -0.2) is 0 Å². The van der Waals surface area contributed by atoms with Gasteiger partial charge in [0.25, 0.3) is 0 Å². The first-order valence-electron chi connectivity index (χ1n) is 10.4. The predicted octanol–water partition coefficient (Wildman–Crippen LogP) is 4.89. The normalized spacial score (nSPS) is 15.5. The summed E-state index contributed by atoms with van der Waals surface area (Å²) in [6.07, 6.45) is 0.949. The molecule has 1 heterocycles. The highest BCUT2D eigenvalue weighted by Crippen LogP contribution is 2.28. The molecule has 1 amide bonds. The van der Waals surface area contributed by atoms with E-state index in [2.05, 4.69) is 10.2 Å². The molecule has 8 heteroatoms. The number of benzene rings is 2. The minimum absolute atomic E-state index is 0.0562. The largest absolute Gasteiger partial charge is 0.489 e. The lowest BCUT2D eigenvalue weighted by Gasteiger charge is -2.26. The number of carbonyl (C=O) groups excluding carboxylic acids is 1. The van der Waals surface area contributed by atoms with E-state index in [0.29, 0.717) is 23.2 Å². The Balaban J connectivity index is 1.38. The van der Waals surface area contributed by atoms with Crippen LogP contribution in [0.15, 0.2) is 47.4 Å². The minimum Gasteiger partial charge on any atom is -0.489 e. The van der Waals surface area contributed by atoms with Crippen LogP contribution in [0.25, 0.3) is 0 Å². The fraction of sp³-hybridized carbons (Fsp3) is 0.435. The molecule has 31 heavy (non-hydrogen) atoms. The van der Waals surface area contributed by atoms with Gasteiger partial charge in [-0.2, -0.15) is 0 Å². The summed E-state index contributed by atoms with van der Waals surface area (Å²) in [4.78, 5) is 15.8. The van der Waals surface area contributed by atoms with Crippen molar-refractivity contribution >= 4 is 40.9 Å². The van der Waals surface area contributed by atoms with Gasteiger partial charge in [-0.1, -0.05) is 29.3 Å². The first kappa shape index (κ1) is 24.2. The van der Waals surface area contributed by atoms with E-state index in [1.807, 2.05) is 37.3 Å². The van der Waals surface area contributed by atoms with Crippen molar-refractivity contribution in [3.05, 3.63) is 58.1 Å². The van der Waals surface area contributed by atoms with Gasteiger partial charge in [-0.3, -0.25) is 9.69 Å². The molecule has 3 rings (SSSR count). The Bertz CT molecular complexity index is 825. The van der Waals surface area contributed by atoms with Gasteiger partial charge in [-0.05, 0) is 56.3 Å². The third-order valence-corrected chi connectivity index (χ3v) is 6.82. The van der Waals surface area contributed by atoms with Crippen molar-refractivity contribution in [2.24, 2.45) is 0 Å². The highest BCUT2D eigenvalue weighted by molar-refractivity contribution is 8.00. The van der Waals surface area contributed by atoms with E-state index < -0.39 is 0 Å². The quantitative estimate of drug-likeness (QED) is 0.385. The molecule has 2 aromatic carbocycles. The number of amides is 1. The van der Waals surface area contributed by atoms with Crippen LogP contribution in [-0.4, -0.2) is 55.4 Å². The molecule has 0 radical (unpaired) electrons. The Morgan fingerprint density at radius 3 is 2.52 bits per heavy atom. The smallest absolute Gasteiger partial charge is 0.233 e. The number of hydrogen-bond donors (Lipinski definition) is 1. The Hall–Kier alpha value is -1.44. The SMILES string of the molecule is CC(Sc1ccc(OCc2c(Cl)cccc2Cl)cc1)C(=O)NCCCN1CCOCC1. The summed E-state index contributed by atoms with van der Waals surface area (Å²) < 4.78 is 11.2. The number of morpholine rings is 1. The van der Waals surface area contributed by atoms with Gasteiger partial charge in [0.2, 0.25) is 5.91 Å². The summed E-state index contributed by atoms with van der Waals surface area (Å²) in [6.45, 7) is 7.47. The second-order valence-corrected chi connectivity index (χ2v) is 9.55. The van der Waals surface area contributed by atoms with E-state index in [4.69, 9.17) is 32.7 Å². The Labute approximate surface area is 198 Å². The second-order valence-electron chi connectivity index (χ2n) is 7.32. The maximum Gasteiger partial charge on any atom is 0.233 e. The fourth-order valence-electron chi connectivity index (χ4n) is 3.18. The number of hydrogen-bond acceptors (Lipinski definition) is 5. The van der Waals surface area contributed by atoms with Gasteiger partial charge >= 0.3 is 0 Å². The van der Waals surface area contributed by atoms with Crippen LogP contribution in [0.3, 0.4) is 0 Å². The van der Waals surface area contributed by atoms with E-state index in [-0.39, 0.29) is 11.2 Å². The molecule has 2 aromatic rings. The van der Waals surface area contributed by atoms with Gasteiger partial charge in [-0.15, -0.1) is 11.8 Å². The van der Waals surface area contributed by atoms with Crippen LogP contribution in [0.1, 0.15) is 18.9 Å².